The Kier molecular flexibility index (Phi) is 10.7. The summed E-state index contributed by atoms with van der Waals surface area (Å²) < 4.78 is 28.8. The van der Waals surface area contributed by atoms with Crippen molar-refractivity contribution in [3.05, 3.63) is 29.8 Å². The lowest BCUT2D eigenvalue weighted by atomic mass is 10.2. The normalized spacial score (nSPS) is 19.0. The van der Waals surface area contributed by atoms with E-state index in [-0.39, 0.29) is 60.0 Å². The van der Waals surface area contributed by atoms with Crippen LogP contribution in [-0.2, 0) is 14.6 Å². The summed E-state index contributed by atoms with van der Waals surface area (Å²) in [6.07, 6.45) is 0.669. The number of ether oxygens (including phenoxy) is 1. The highest BCUT2D eigenvalue weighted by atomic mass is 127. The number of sulfone groups is 1. The molecule has 0 spiro atoms. The Balaban J connectivity index is 0.00000420. The first-order valence-corrected chi connectivity index (χ1v) is 11.3. The Bertz CT molecular complexity index is 801. The van der Waals surface area contributed by atoms with Gasteiger partial charge in [0, 0.05) is 26.1 Å². The maximum atomic E-state index is 12.0. The molecule has 1 amide bonds. The van der Waals surface area contributed by atoms with Crippen LogP contribution in [0.1, 0.15) is 25.3 Å². The van der Waals surface area contributed by atoms with Crippen LogP contribution >= 0.6 is 24.0 Å². The Morgan fingerprint density at radius 2 is 2.03 bits per heavy atom. The molecule has 0 aliphatic carbocycles. The van der Waals surface area contributed by atoms with Crippen LogP contribution in [0.2, 0.25) is 0 Å². The van der Waals surface area contributed by atoms with Gasteiger partial charge in [-0.25, -0.2) is 8.42 Å². The summed E-state index contributed by atoms with van der Waals surface area (Å²) in [5, 5.41) is 9.02. The van der Waals surface area contributed by atoms with Gasteiger partial charge in [-0.05, 0) is 31.9 Å². The molecule has 1 aromatic carbocycles. The summed E-state index contributed by atoms with van der Waals surface area (Å²) in [5.74, 6) is 1.45. The molecule has 0 aromatic heterocycles. The van der Waals surface area contributed by atoms with E-state index in [2.05, 4.69) is 20.9 Å². The van der Waals surface area contributed by atoms with Gasteiger partial charge in [-0.2, -0.15) is 0 Å². The van der Waals surface area contributed by atoms with Crippen LogP contribution in [0.3, 0.4) is 0 Å². The molecule has 0 saturated carbocycles. The van der Waals surface area contributed by atoms with E-state index in [0.717, 1.165) is 11.3 Å². The van der Waals surface area contributed by atoms with Gasteiger partial charge in [0.1, 0.15) is 11.9 Å². The molecule has 1 fully saturated rings. The summed E-state index contributed by atoms with van der Waals surface area (Å²) >= 11 is 0. The summed E-state index contributed by atoms with van der Waals surface area (Å²) in [4.78, 5) is 16.1. The molecule has 1 aliphatic rings. The molecule has 2 rings (SSSR count). The molecule has 1 saturated heterocycles. The Morgan fingerprint density at radius 3 is 2.66 bits per heavy atom. The minimum absolute atomic E-state index is 0. The fourth-order valence-corrected chi connectivity index (χ4v) is 4.58. The van der Waals surface area contributed by atoms with Crippen molar-refractivity contribution in [2.24, 2.45) is 4.99 Å². The van der Waals surface area contributed by atoms with Crippen molar-refractivity contribution in [3.63, 3.8) is 0 Å². The van der Waals surface area contributed by atoms with Crippen molar-refractivity contribution in [3.8, 4) is 5.75 Å². The number of halogens is 1. The highest BCUT2D eigenvalue weighted by Gasteiger charge is 2.28. The lowest BCUT2D eigenvalue weighted by molar-refractivity contribution is -0.121. The Morgan fingerprint density at radius 1 is 1.31 bits per heavy atom. The lowest BCUT2D eigenvalue weighted by Gasteiger charge is -2.19. The largest absolute Gasteiger partial charge is 0.489 e. The Labute approximate surface area is 190 Å². The minimum atomic E-state index is -2.99. The van der Waals surface area contributed by atoms with Gasteiger partial charge < -0.3 is 20.7 Å². The fourth-order valence-electron chi connectivity index (χ4n) is 2.91. The Hall–Kier alpha value is -1.56. The number of para-hydroxylation sites is 1. The first-order chi connectivity index (χ1) is 13.3. The van der Waals surface area contributed by atoms with Gasteiger partial charge in [0.15, 0.2) is 15.8 Å². The summed E-state index contributed by atoms with van der Waals surface area (Å²) in [5.41, 5.74) is 1.08. The van der Waals surface area contributed by atoms with Crippen LogP contribution in [0, 0.1) is 6.92 Å². The second-order valence-electron chi connectivity index (χ2n) is 6.99. The standard InChI is InChI=1S/C19H30N4O4S.HI/c1-14-6-4-5-7-17(14)27-15(2)12-22-19(20-3)21-10-8-18(24)23-16-9-11-28(25,26)13-16;/h4-7,15-16H,8-13H2,1-3H3,(H,23,24)(H2,20,21,22);1H. The molecule has 0 radical (unpaired) electrons. The number of aryl methyl sites for hydroxylation is 1. The van der Waals surface area contributed by atoms with Gasteiger partial charge in [0.25, 0.3) is 0 Å². The van der Waals surface area contributed by atoms with Crippen LogP contribution in [0.15, 0.2) is 29.3 Å². The third-order valence-corrected chi connectivity index (χ3v) is 6.21. The minimum Gasteiger partial charge on any atom is -0.489 e. The van der Waals surface area contributed by atoms with Gasteiger partial charge in [-0.1, -0.05) is 18.2 Å². The molecule has 2 atom stereocenters. The van der Waals surface area contributed by atoms with Crippen molar-refractivity contribution < 1.29 is 17.9 Å². The molecule has 1 aromatic rings. The molecule has 1 aliphatic heterocycles. The van der Waals surface area contributed by atoms with E-state index in [9.17, 15) is 13.2 Å². The maximum Gasteiger partial charge on any atom is 0.222 e. The van der Waals surface area contributed by atoms with Gasteiger partial charge in [-0.15, -0.1) is 24.0 Å². The second-order valence-corrected chi connectivity index (χ2v) is 9.22. The van der Waals surface area contributed by atoms with Crippen LogP contribution in [0.5, 0.6) is 5.75 Å². The molecule has 2 unspecified atom stereocenters. The lowest BCUT2D eigenvalue weighted by Crippen LogP contribution is -2.43. The predicted molar refractivity (Wildman–Crippen MR) is 126 cm³/mol. The average molecular weight is 538 g/mol. The van der Waals surface area contributed by atoms with Crippen molar-refractivity contribution in [2.45, 2.75) is 38.8 Å². The van der Waals surface area contributed by atoms with Crippen LogP contribution in [0.25, 0.3) is 0 Å². The monoisotopic (exact) mass is 538 g/mol. The summed E-state index contributed by atoms with van der Waals surface area (Å²) in [6.45, 7) is 4.93. The van der Waals surface area contributed by atoms with E-state index in [0.29, 0.717) is 25.5 Å². The fraction of sp³-hybridized carbons (Fsp3) is 0.579. The van der Waals surface area contributed by atoms with Crippen molar-refractivity contribution in [1.82, 2.24) is 16.0 Å². The number of nitrogens with zero attached hydrogens (tertiary/aromatic N) is 1. The molecule has 164 valence electrons. The number of aliphatic imine (C=N–C) groups is 1. The van der Waals surface area contributed by atoms with Crippen molar-refractivity contribution in [1.29, 1.82) is 0 Å². The van der Waals surface area contributed by atoms with E-state index in [1.54, 1.807) is 7.05 Å². The number of guanidine groups is 1. The van der Waals surface area contributed by atoms with Crippen molar-refractivity contribution in [2.75, 3.05) is 31.6 Å². The third kappa shape index (κ3) is 9.20. The van der Waals surface area contributed by atoms with Gasteiger partial charge in [0.2, 0.25) is 5.91 Å². The molecule has 10 heteroatoms. The predicted octanol–water partition coefficient (Wildman–Crippen LogP) is 1.24. The summed E-state index contributed by atoms with van der Waals surface area (Å²) in [7, 11) is -1.33. The van der Waals surface area contributed by atoms with E-state index >= 15 is 0 Å². The van der Waals surface area contributed by atoms with Gasteiger partial charge in [-0.3, -0.25) is 9.79 Å². The van der Waals surface area contributed by atoms with E-state index in [1.165, 1.54) is 0 Å². The first-order valence-electron chi connectivity index (χ1n) is 9.45. The van der Waals surface area contributed by atoms with Crippen LogP contribution < -0.4 is 20.7 Å². The number of benzene rings is 1. The molecule has 3 N–H and O–H groups in total. The molecule has 1 heterocycles. The number of rotatable bonds is 8. The molecular weight excluding hydrogens is 507 g/mol. The highest BCUT2D eigenvalue weighted by molar-refractivity contribution is 14.0. The number of hydrogen-bond donors (Lipinski definition) is 3. The molecule has 29 heavy (non-hydrogen) atoms. The topological polar surface area (TPSA) is 109 Å². The molecule has 0 bridgehead atoms. The third-order valence-electron chi connectivity index (χ3n) is 4.44. The van der Waals surface area contributed by atoms with Crippen LogP contribution in [0.4, 0.5) is 0 Å². The van der Waals surface area contributed by atoms with Crippen molar-refractivity contribution >= 4 is 45.7 Å². The van der Waals surface area contributed by atoms with E-state index < -0.39 is 9.84 Å². The zero-order valence-corrected chi connectivity index (χ0v) is 20.3. The van der Waals surface area contributed by atoms with E-state index in [4.69, 9.17) is 4.74 Å². The highest BCUT2D eigenvalue weighted by Crippen LogP contribution is 2.17. The average Bonchev–Trinajstić information content (AvgIpc) is 2.98. The van der Waals surface area contributed by atoms with E-state index in [1.807, 2.05) is 38.1 Å². The van der Waals surface area contributed by atoms with Gasteiger partial charge >= 0.3 is 0 Å². The van der Waals surface area contributed by atoms with Crippen LogP contribution in [-0.4, -0.2) is 64.1 Å². The second kappa shape index (κ2) is 12.2. The number of carbonyl (C=O) groups excluding carboxylic acids is 1. The SMILES string of the molecule is CN=C(NCCC(=O)NC1CCS(=O)(=O)C1)NCC(C)Oc1ccccc1C.I. The first kappa shape index (κ1) is 25.5. The molecule has 8 nitrogen and oxygen atoms in total. The number of amides is 1. The number of nitrogens with one attached hydrogen (secondary N) is 3. The zero-order chi connectivity index (χ0) is 20.6. The quantitative estimate of drug-likeness (QED) is 0.261. The smallest absolute Gasteiger partial charge is 0.222 e. The van der Waals surface area contributed by atoms with Gasteiger partial charge in [0.05, 0.1) is 18.1 Å². The zero-order valence-electron chi connectivity index (χ0n) is 17.1. The molecular formula is C19H31IN4O4S. The maximum absolute atomic E-state index is 12.0. The summed E-state index contributed by atoms with van der Waals surface area (Å²) in [6, 6.07) is 7.58. The number of hydrogen-bond acceptors (Lipinski definition) is 5. The number of carbonyl (C=O) groups is 1.